The average molecular weight is 371 g/mol. The molecule has 0 heterocycles. The molecule has 0 bridgehead atoms. The van der Waals surface area contributed by atoms with E-state index in [1.807, 2.05) is 18.2 Å². The van der Waals surface area contributed by atoms with Gasteiger partial charge in [0.15, 0.2) is 8.07 Å². The van der Waals surface area contributed by atoms with Crippen LogP contribution in [0.5, 0.6) is 0 Å². The number of aryl methyl sites for hydroxylation is 2. The lowest BCUT2D eigenvalue weighted by Gasteiger charge is -2.29. The first kappa shape index (κ1) is 19.1. The van der Waals surface area contributed by atoms with Gasteiger partial charge in [0, 0.05) is 0 Å². The van der Waals surface area contributed by atoms with Gasteiger partial charge in [-0.25, -0.2) is 0 Å². The molecule has 0 saturated heterocycles. The second-order valence-corrected chi connectivity index (χ2v) is 11.5. The molecule has 3 rings (SSSR count). The minimum absolute atomic E-state index is 0.271. The average Bonchev–Trinajstić information content (AvgIpc) is 2.68. The normalized spacial score (nSPS) is 13.9. The summed E-state index contributed by atoms with van der Waals surface area (Å²) in [6, 6.07) is 27.3. The van der Waals surface area contributed by atoms with Gasteiger partial charge in [-0.15, -0.1) is 0 Å². The van der Waals surface area contributed by atoms with Gasteiger partial charge in [0.25, 0.3) is 0 Å². The van der Waals surface area contributed by atoms with Gasteiger partial charge in [-0.3, -0.25) is 0 Å². The number of carbonyl (C=O) groups excluding carboxylic acids is 1. The molecule has 2 heteroatoms. The van der Waals surface area contributed by atoms with E-state index in [1.165, 1.54) is 11.1 Å². The van der Waals surface area contributed by atoms with E-state index in [2.05, 4.69) is 87.1 Å². The molecule has 0 aliphatic heterocycles. The molecule has 0 amide bonds. The van der Waals surface area contributed by atoms with Crippen LogP contribution in [0, 0.1) is 13.8 Å². The van der Waals surface area contributed by atoms with Gasteiger partial charge >= 0.3 is 0 Å². The maximum atomic E-state index is 13.0. The van der Waals surface area contributed by atoms with E-state index in [0.717, 1.165) is 21.5 Å². The zero-order valence-electron chi connectivity index (χ0n) is 16.5. The van der Waals surface area contributed by atoms with Crippen LogP contribution in [0.4, 0.5) is 0 Å². The van der Waals surface area contributed by atoms with E-state index >= 15 is 0 Å². The molecule has 0 radical (unpaired) electrons. The second kappa shape index (κ2) is 7.89. The minimum Gasteiger partial charge on any atom is -0.305 e. The summed E-state index contributed by atoms with van der Waals surface area (Å²) >= 11 is 0. The van der Waals surface area contributed by atoms with Crippen LogP contribution in [0.3, 0.4) is 0 Å². The first-order chi connectivity index (χ1) is 12.9. The fourth-order valence-corrected chi connectivity index (χ4v) is 6.55. The Hall–Kier alpha value is -2.71. The van der Waals surface area contributed by atoms with E-state index in [9.17, 15) is 4.79 Å². The molecule has 0 spiro atoms. The van der Waals surface area contributed by atoms with Crippen LogP contribution in [-0.4, -0.2) is 13.5 Å². The summed E-state index contributed by atoms with van der Waals surface area (Å²) in [4.78, 5) is 13.0. The minimum atomic E-state index is -2.56. The summed E-state index contributed by atoms with van der Waals surface area (Å²) in [6.45, 7) is 8.10. The number of benzene rings is 3. The van der Waals surface area contributed by atoms with Crippen LogP contribution < -0.4 is 5.19 Å². The molecule has 1 atom stereocenters. The van der Waals surface area contributed by atoms with E-state index < -0.39 is 8.07 Å². The van der Waals surface area contributed by atoms with E-state index in [4.69, 9.17) is 0 Å². The standard InChI is InChI=1S/C25H26OSi/c1-19-10-14-22(15-11-19)18-25(23-16-12-20(2)13-17-23)27(4,21(3)26)24-8-6-5-7-9-24/h5-18H,1-4H3/b25-18+. The predicted octanol–water partition coefficient (Wildman–Crippen LogP) is 5.50. The number of rotatable bonds is 5. The summed E-state index contributed by atoms with van der Waals surface area (Å²) in [5.74, 6) is 0. The molecule has 0 N–H and O–H groups in total. The van der Waals surface area contributed by atoms with Gasteiger partial charge in [0.2, 0.25) is 0 Å². The zero-order valence-corrected chi connectivity index (χ0v) is 17.5. The zero-order chi connectivity index (χ0) is 19.4. The molecule has 3 aromatic carbocycles. The first-order valence-corrected chi connectivity index (χ1v) is 11.8. The molecule has 0 aliphatic rings. The number of hydrogen-bond acceptors (Lipinski definition) is 1. The molecule has 0 aliphatic carbocycles. The van der Waals surface area contributed by atoms with Crippen molar-refractivity contribution < 1.29 is 4.79 Å². The van der Waals surface area contributed by atoms with Crippen molar-refractivity contribution in [2.24, 2.45) is 0 Å². The van der Waals surface area contributed by atoms with Crippen LogP contribution in [0.15, 0.2) is 78.9 Å². The Morgan fingerprint density at radius 3 is 1.81 bits per heavy atom. The Balaban J connectivity index is 2.25. The third-order valence-electron chi connectivity index (χ3n) is 5.34. The molecule has 0 fully saturated rings. The summed E-state index contributed by atoms with van der Waals surface area (Å²) < 4.78 is 0. The monoisotopic (exact) mass is 370 g/mol. The Labute approximate surface area is 163 Å². The molecule has 3 aromatic rings. The SMILES string of the molecule is CC(=O)[Si](C)(/C(=C/c1ccc(C)cc1)c1ccc(C)cc1)c1ccccc1. The smallest absolute Gasteiger partial charge is 0.190 e. The van der Waals surface area contributed by atoms with Crippen molar-refractivity contribution >= 4 is 29.9 Å². The Morgan fingerprint density at radius 2 is 1.30 bits per heavy atom. The van der Waals surface area contributed by atoms with Gasteiger partial charge in [-0.2, -0.15) is 0 Å². The molecule has 27 heavy (non-hydrogen) atoms. The maximum absolute atomic E-state index is 13.0. The highest BCUT2D eigenvalue weighted by atomic mass is 28.3. The molecule has 0 saturated carbocycles. The van der Waals surface area contributed by atoms with Crippen LogP contribution in [0.25, 0.3) is 11.3 Å². The van der Waals surface area contributed by atoms with Crippen LogP contribution in [0.2, 0.25) is 6.55 Å². The van der Waals surface area contributed by atoms with Crippen molar-refractivity contribution in [1.29, 1.82) is 0 Å². The molecule has 1 nitrogen and oxygen atoms in total. The van der Waals surface area contributed by atoms with Gasteiger partial charge in [-0.1, -0.05) is 103 Å². The van der Waals surface area contributed by atoms with Gasteiger partial charge in [-0.05, 0) is 42.3 Å². The lowest BCUT2D eigenvalue weighted by Crippen LogP contribution is -2.53. The topological polar surface area (TPSA) is 17.1 Å². The molecular weight excluding hydrogens is 344 g/mol. The van der Waals surface area contributed by atoms with Gasteiger partial charge in [0.1, 0.15) is 5.41 Å². The van der Waals surface area contributed by atoms with Crippen molar-refractivity contribution in [2.75, 3.05) is 0 Å². The fourth-order valence-electron chi connectivity index (χ4n) is 3.40. The third-order valence-corrected chi connectivity index (χ3v) is 9.75. The molecule has 0 aromatic heterocycles. The van der Waals surface area contributed by atoms with Crippen molar-refractivity contribution in [3.8, 4) is 0 Å². The van der Waals surface area contributed by atoms with E-state index in [0.29, 0.717) is 0 Å². The van der Waals surface area contributed by atoms with Gasteiger partial charge < -0.3 is 4.79 Å². The molecule has 136 valence electrons. The Bertz CT molecular complexity index is 953. The van der Waals surface area contributed by atoms with Crippen LogP contribution >= 0.6 is 0 Å². The van der Waals surface area contributed by atoms with Crippen molar-refractivity contribution in [2.45, 2.75) is 27.3 Å². The molecular formula is C25H26OSi. The second-order valence-electron chi connectivity index (χ2n) is 7.38. The lowest BCUT2D eigenvalue weighted by molar-refractivity contribution is -0.110. The van der Waals surface area contributed by atoms with Gasteiger partial charge in [0.05, 0.1) is 0 Å². The maximum Gasteiger partial charge on any atom is 0.190 e. The van der Waals surface area contributed by atoms with E-state index in [-0.39, 0.29) is 5.41 Å². The number of carbonyl (C=O) groups is 1. The highest BCUT2D eigenvalue weighted by Gasteiger charge is 2.39. The summed E-state index contributed by atoms with van der Waals surface area (Å²) in [5, 5.41) is 2.58. The van der Waals surface area contributed by atoms with E-state index in [1.54, 1.807) is 6.92 Å². The number of hydrogen-bond donors (Lipinski definition) is 0. The highest BCUT2D eigenvalue weighted by Crippen LogP contribution is 2.29. The fraction of sp³-hybridized carbons (Fsp3) is 0.160. The summed E-state index contributed by atoms with van der Waals surface area (Å²) in [5.41, 5.74) is 4.72. The lowest BCUT2D eigenvalue weighted by atomic mass is 10.1. The summed E-state index contributed by atoms with van der Waals surface area (Å²) in [7, 11) is -2.56. The highest BCUT2D eigenvalue weighted by molar-refractivity contribution is 7.25. The Morgan fingerprint density at radius 1 is 0.778 bits per heavy atom. The van der Waals surface area contributed by atoms with Crippen molar-refractivity contribution in [1.82, 2.24) is 0 Å². The van der Waals surface area contributed by atoms with Crippen LogP contribution in [-0.2, 0) is 4.79 Å². The Kier molecular flexibility index (Phi) is 5.57. The first-order valence-electron chi connectivity index (χ1n) is 9.33. The van der Waals surface area contributed by atoms with Crippen molar-refractivity contribution in [3.05, 3.63) is 101 Å². The third kappa shape index (κ3) is 4.01. The predicted molar refractivity (Wildman–Crippen MR) is 119 cm³/mol. The largest absolute Gasteiger partial charge is 0.305 e. The molecule has 1 unspecified atom stereocenters. The quantitative estimate of drug-likeness (QED) is 0.428. The summed E-state index contributed by atoms with van der Waals surface area (Å²) in [6.07, 6.45) is 2.21. The van der Waals surface area contributed by atoms with Crippen LogP contribution in [0.1, 0.15) is 29.2 Å². The van der Waals surface area contributed by atoms with Crippen molar-refractivity contribution in [3.63, 3.8) is 0 Å².